The van der Waals surface area contributed by atoms with Crippen LogP contribution in [0.5, 0.6) is 0 Å². The molecule has 1 heterocycles. The molecule has 126 valence electrons. The number of benzene rings is 1. The maximum Gasteiger partial charge on any atom is 0.355 e. The third kappa shape index (κ3) is 2.59. The van der Waals surface area contributed by atoms with Crippen molar-refractivity contribution in [2.75, 3.05) is 0 Å². The van der Waals surface area contributed by atoms with Gasteiger partial charge in [0.15, 0.2) is 0 Å². The number of hydrogen-bond acceptors (Lipinski definition) is 4. The fraction of sp³-hybridized carbons (Fsp3) is 0.389. The zero-order chi connectivity index (χ0) is 17.9. The number of amides is 2. The van der Waals surface area contributed by atoms with E-state index in [0.29, 0.717) is 18.4 Å². The number of carbonyl (C=O) groups excluding carboxylic acids is 3. The van der Waals surface area contributed by atoms with Gasteiger partial charge < -0.3 is 4.74 Å². The van der Waals surface area contributed by atoms with Gasteiger partial charge in [-0.2, -0.15) is 0 Å². The molecule has 1 fully saturated rings. The van der Waals surface area contributed by atoms with Crippen LogP contribution < -0.4 is 0 Å². The molecule has 5 nitrogen and oxygen atoms in total. The van der Waals surface area contributed by atoms with Crippen LogP contribution in [0.2, 0.25) is 0 Å². The van der Waals surface area contributed by atoms with Crippen molar-refractivity contribution in [3.63, 3.8) is 0 Å². The van der Waals surface area contributed by atoms with Gasteiger partial charge in [0.2, 0.25) is 5.91 Å². The molecule has 2 aliphatic rings. The summed E-state index contributed by atoms with van der Waals surface area (Å²) in [5, 5.41) is 0. The second-order valence-electron chi connectivity index (χ2n) is 7.17. The number of imide groups is 1. The third-order valence-electron chi connectivity index (χ3n) is 4.20. The Balaban J connectivity index is 2.01. The largest absolute Gasteiger partial charge is 0.455 e. The van der Waals surface area contributed by atoms with E-state index in [9.17, 15) is 14.4 Å². The Labute approximate surface area is 148 Å². The lowest BCUT2D eigenvalue weighted by Gasteiger charge is -2.33. The first-order valence-corrected chi connectivity index (χ1v) is 8.47. The Morgan fingerprint density at radius 1 is 1.29 bits per heavy atom. The molecule has 0 N–H and O–H groups in total. The number of fused-ring (bicyclic) bond motifs is 2. The second-order valence-corrected chi connectivity index (χ2v) is 8.08. The molecule has 1 saturated carbocycles. The lowest BCUT2D eigenvalue weighted by atomic mass is 9.85. The van der Waals surface area contributed by atoms with Crippen LogP contribution in [-0.4, -0.2) is 28.3 Å². The van der Waals surface area contributed by atoms with Crippen LogP contribution in [0.25, 0.3) is 0 Å². The maximum absolute atomic E-state index is 12.9. The van der Waals surface area contributed by atoms with Gasteiger partial charge >= 0.3 is 5.97 Å². The lowest BCUT2D eigenvalue weighted by Crippen LogP contribution is -2.49. The van der Waals surface area contributed by atoms with Crippen molar-refractivity contribution in [1.82, 2.24) is 4.90 Å². The summed E-state index contributed by atoms with van der Waals surface area (Å²) in [5.41, 5.74) is -0.542. The van der Waals surface area contributed by atoms with E-state index in [1.165, 1.54) is 0 Å². The number of rotatable bonds is 2. The van der Waals surface area contributed by atoms with Crippen LogP contribution in [0.4, 0.5) is 0 Å². The van der Waals surface area contributed by atoms with Crippen molar-refractivity contribution in [2.45, 2.75) is 44.6 Å². The molecule has 0 bridgehead atoms. The highest BCUT2D eigenvalue weighted by Crippen LogP contribution is 2.54. The smallest absolute Gasteiger partial charge is 0.355 e. The van der Waals surface area contributed by atoms with Crippen LogP contribution in [0.3, 0.4) is 0 Å². The normalized spacial score (nSPS) is 18.4. The summed E-state index contributed by atoms with van der Waals surface area (Å²) in [6, 6.07) is 5.23. The van der Waals surface area contributed by atoms with Gasteiger partial charge in [0.25, 0.3) is 5.91 Å². The molecule has 0 aromatic heterocycles. The molecule has 0 radical (unpaired) electrons. The average molecular weight is 392 g/mol. The van der Waals surface area contributed by atoms with Gasteiger partial charge in [-0.25, -0.2) is 9.69 Å². The Hall–Kier alpha value is -1.95. The monoisotopic (exact) mass is 391 g/mol. The zero-order valence-corrected chi connectivity index (χ0v) is 15.4. The first kappa shape index (κ1) is 16.9. The van der Waals surface area contributed by atoms with Crippen molar-refractivity contribution in [3.8, 4) is 0 Å². The van der Waals surface area contributed by atoms with E-state index in [0.717, 1.165) is 14.9 Å². The molecule has 0 saturated heterocycles. The minimum atomic E-state index is -0.763. The van der Waals surface area contributed by atoms with Gasteiger partial charge in [-0.05, 0) is 57.4 Å². The van der Waals surface area contributed by atoms with Crippen LogP contribution in [0.1, 0.15) is 49.5 Å². The highest BCUT2D eigenvalue weighted by atomic mass is 79.9. The van der Waals surface area contributed by atoms with Gasteiger partial charge in [0.1, 0.15) is 11.3 Å². The number of ether oxygens (including phenoxy) is 1. The maximum atomic E-state index is 12.9. The molecule has 0 atom stereocenters. The predicted molar refractivity (Wildman–Crippen MR) is 91.2 cm³/mol. The Kier molecular flexibility index (Phi) is 3.71. The van der Waals surface area contributed by atoms with Crippen LogP contribution in [0.15, 0.2) is 34.9 Å². The highest BCUT2D eigenvalue weighted by molar-refractivity contribution is 9.10. The Morgan fingerprint density at radius 3 is 2.46 bits per heavy atom. The van der Waals surface area contributed by atoms with Gasteiger partial charge in [-0.3, -0.25) is 9.59 Å². The molecular formula is C18H18BrNO4. The summed E-state index contributed by atoms with van der Waals surface area (Å²) >= 11 is 3.38. The SMILES string of the molecule is C=C(C(=O)OC(C)(C)C)N1C(=O)c2ccc(Br)cc2C2(CC2)C1=O. The Morgan fingerprint density at radius 2 is 1.92 bits per heavy atom. The third-order valence-corrected chi connectivity index (χ3v) is 4.69. The minimum absolute atomic E-state index is 0.236. The lowest BCUT2D eigenvalue weighted by molar-refractivity contribution is -0.153. The number of nitrogens with zero attached hydrogens (tertiary/aromatic N) is 1. The minimum Gasteiger partial charge on any atom is -0.455 e. The van der Waals surface area contributed by atoms with Crippen molar-refractivity contribution in [2.24, 2.45) is 0 Å². The number of carbonyl (C=O) groups is 3. The van der Waals surface area contributed by atoms with Crippen molar-refractivity contribution in [1.29, 1.82) is 0 Å². The fourth-order valence-corrected chi connectivity index (χ4v) is 3.28. The fourth-order valence-electron chi connectivity index (χ4n) is 2.92. The highest BCUT2D eigenvalue weighted by Gasteiger charge is 2.59. The number of halogens is 1. The van der Waals surface area contributed by atoms with E-state index in [4.69, 9.17) is 4.74 Å². The molecule has 1 aliphatic heterocycles. The Bertz CT molecular complexity index is 787. The van der Waals surface area contributed by atoms with Crippen molar-refractivity contribution < 1.29 is 19.1 Å². The van der Waals surface area contributed by atoms with Crippen LogP contribution in [0, 0.1) is 0 Å². The van der Waals surface area contributed by atoms with Gasteiger partial charge in [0, 0.05) is 10.0 Å². The molecule has 1 aromatic carbocycles. The van der Waals surface area contributed by atoms with E-state index in [-0.39, 0.29) is 5.70 Å². The molecule has 3 rings (SSSR count). The quantitative estimate of drug-likeness (QED) is 0.440. The summed E-state index contributed by atoms with van der Waals surface area (Å²) in [4.78, 5) is 38.9. The van der Waals surface area contributed by atoms with E-state index >= 15 is 0 Å². The van der Waals surface area contributed by atoms with Crippen molar-refractivity contribution in [3.05, 3.63) is 46.1 Å². The van der Waals surface area contributed by atoms with E-state index in [2.05, 4.69) is 22.5 Å². The van der Waals surface area contributed by atoms with E-state index < -0.39 is 28.8 Å². The van der Waals surface area contributed by atoms with Crippen molar-refractivity contribution >= 4 is 33.7 Å². The average Bonchev–Trinajstić information content (AvgIpc) is 3.25. The summed E-state index contributed by atoms with van der Waals surface area (Å²) in [6.45, 7) is 8.79. The van der Waals surface area contributed by atoms with Crippen LogP contribution >= 0.6 is 15.9 Å². The van der Waals surface area contributed by atoms with Crippen LogP contribution in [-0.2, 0) is 19.7 Å². The molecule has 6 heteroatoms. The molecule has 0 unspecified atom stereocenters. The van der Waals surface area contributed by atoms with Gasteiger partial charge in [-0.1, -0.05) is 22.5 Å². The summed E-state index contributed by atoms with van der Waals surface area (Å²) < 4.78 is 6.07. The molecular weight excluding hydrogens is 374 g/mol. The summed E-state index contributed by atoms with van der Waals surface area (Å²) in [5.74, 6) is -1.69. The first-order chi connectivity index (χ1) is 11.1. The van der Waals surface area contributed by atoms with E-state index in [1.807, 2.05) is 6.07 Å². The summed E-state index contributed by atoms with van der Waals surface area (Å²) in [6.07, 6.45) is 1.31. The predicted octanol–water partition coefficient (Wildman–Crippen LogP) is 3.32. The molecule has 1 aromatic rings. The molecule has 1 spiro atoms. The molecule has 24 heavy (non-hydrogen) atoms. The topological polar surface area (TPSA) is 63.7 Å². The second kappa shape index (κ2) is 5.28. The first-order valence-electron chi connectivity index (χ1n) is 7.68. The standard InChI is InChI=1S/C18H18BrNO4/c1-10(15(22)24-17(2,3)4)20-14(21)12-6-5-11(19)9-13(12)18(7-8-18)16(20)23/h5-6,9H,1,7-8H2,2-4H3. The zero-order valence-electron chi connectivity index (χ0n) is 13.8. The van der Waals surface area contributed by atoms with Gasteiger partial charge in [-0.15, -0.1) is 0 Å². The molecule has 2 amide bonds. The molecule has 1 aliphatic carbocycles. The summed E-state index contributed by atoms with van der Waals surface area (Å²) in [7, 11) is 0. The number of esters is 1. The van der Waals surface area contributed by atoms with Gasteiger partial charge in [0.05, 0.1) is 5.41 Å². The number of hydrogen-bond donors (Lipinski definition) is 0. The van der Waals surface area contributed by atoms with E-state index in [1.54, 1.807) is 32.9 Å².